The van der Waals surface area contributed by atoms with Crippen LogP contribution < -0.4 is 0 Å². The lowest BCUT2D eigenvalue weighted by atomic mass is 9.79. The largest absolute Gasteiger partial charge is 0.456 e. The SMILES string of the molecule is c1ccc(-c2ccc(-c3c(-c4ccccc4)c(-c4ccccc4)cc4oc5ccccc5c34)c(-c3ccnnn3)c2-c2ccccc2)cc1. The molecule has 4 heteroatoms. The van der Waals surface area contributed by atoms with E-state index in [1.807, 2.05) is 18.2 Å². The van der Waals surface area contributed by atoms with E-state index in [0.717, 1.165) is 88.8 Å². The Labute approximate surface area is 284 Å². The first-order chi connectivity index (χ1) is 24.3. The highest BCUT2D eigenvalue weighted by Crippen LogP contribution is 2.52. The summed E-state index contributed by atoms with van der Waals surface area (Å²) in [6, 6.07) is 59.4. The predicted octanol–water partition coefficient (Wildman–Crippen LogP) is 11.8. The lowest BCUT2D eigenvalue weighted by molar-refractivity contribution is 0.669. The second-order valence-electron chi connectivity index (χ2n) is 12.0. The number of fused-ring (bicyclic) bond motifs is 3. The third-order valence-electron chi connectivity index (χ3n) is 9.20. The maximum absolute atomic E-state index is 6.68. The van der Waals surface area contributed by atoms with Crippen molar-refractivity contribution in [2.45, 2.75) is 0 Å². The minimum absolute atomic E-state index is 0.742. The standard InChI is InChI=1S/C45H29N3O/c1-5-15-30(16-6-1)34-25-26-36(43(38-27-28-46-48-47-38)41(34)32-19-9-3-10-20-32)45-42(33-21-11-4-12-22-33)37(31-17-7-2-8-18-31)29-40-44(45)35-23-13-14-24-39(35)49-40/h1-29H. The summed E-state index contributed by atoms with van der Waals surface area (Å²) in [6.45, 7) is 0. The Morgan fingerprint density at radius 3 is 1.53 bits per heavy atom. The lowest BCUT2D eigenvalue weighted by Gasteiger charge is -2.23. The number of hydrogen-bond acceptors (Lipinski definition) is 4. The molecule has 230 valence electrons. The van der Waals surface area contributed by atoms with Crippen LogP contribution in [0.5, 0.6) is 0 Å². The molecule has 49 heavy (non-hydrogen) atoms. The van der Waals surface area contributed by atoms with Gasteiger partial charge in [0.05, 0.1) is 11.9 Å². The molecule has 9 aromatic rings. The van der Waals surface area contributed by atoms with Crippen molar-refractivity contribution in [1.29, 1.82) is 0 Å². The topological polar surface area (TPSA) is 51.8 Å². The summed E-state index contributed by atoms with van der Waals surface area (Å²) < 4.78 is 6.68. The van der Waals surface area contributed by atoms with Crippen LogP contribution in [0.25, 0.3) is 88.8 Å². The van der Waals surface area contributed by atoms with E-state index < -0.39 is 0 Å². The zero-order valence-corrected chi connectivity index (χ0v) is 26.5. The monoisotopic (exact) mass is 627 g/mol. The van der Waals surface area contributed by atoms with Gasteiger partial charge in [0.2, 0.25) is 0 Å². The molecular formula is C45H29N3O. The van der Waals surface area contributed by atoms with E-state index in [1.165, 1.54) is 0 Å². The average molecular weight is 628 g/mol. The van der Waals surface area contributed by atoms with Crippen LogP contribution in [0.1, 0.15) is 0 Å². The van der Waals surface area contributed by atoms with Crippen molar-refractivity contribution < 1.29 is 4.42 Å². The van der Waals surface area contributed by atoms with Crippen molar-refractivity contribution in [3.05, 3.63) is 176 Å². The summed E-state index contributed by atoms with van der Waals surface area (Å²) in [4.78, 5) is 0. The summed E-state index contributed by atoms with van der Waals surface area (Å²) >= 11 is 0. The van der Waals surface area contributed by atoms with Gasteiger partial charge in [-0.1, -0.05) is 152 Å². The van der Waals surface area contributed by atoms with E-state index in [2.05, 4.69) is 167 Å². The van der Waals surface area contributed by atoms with Crippen LogP contribution in [-0.4, -0.2) is 15.4 Å². The average Bonchev–Trinajstić information content (AvgIpc) is 3.57. The van der Waals surface area contributed by atoms with Crippen molar-refractivity contribution in [2.75, 3.05) is 0 Å². The fourth-order valence-electron chi connectivity index (χ4n) is 7.12. The molecule has 0 fully saturated rings. The van der Waals surface area contributed by atoms with Crippen molar-refractivity contribution in [2.24, 2.45) is 0 Å². The van der Waals surface area contributed by atoms with Crippen LogP contribution in [-0.2, 0) is 0 Å². The molecule has 0 N–H and O–H groups in total. The molecule has 2 heterocycles. The maximum atomic E-state index is 6.68. The number of benzene rings is 7. The number of rotatable bonds is 6. The van der Waals surface area contributed by atoms with Crippen LogP contribution in [0.4, 0.5) is 0 Å². The van der Waals surface area contributed by atoms with Crippen LogP contribution in [0.15, 0.2) is 180 Å². The highest BCUT2D eigenvalue weighted by Gasteiger charge is 2.27. The zero-order chi connectivity index (χ0) is 32.6. The minimum Gasteiger partial charge on any atom is -0.456 e. The van der Waals surface area contributed by atoms with Crippen LogP contribution >= 0.6 is 0 Å². The number of aromatic nitrogens is 3. The Hall–Kier alpha value is -6.65. The van der Waals surface area contributed by atoms with E-state index in [1.54, 1.807) is 6.20 Å². The van der Waals surface area contributed by atoms with Crippen molar-refractivity contribution in [3.8, 4) is 66.9 Å². The first kappa shape index (κ1) is 28.6. The van der Waals surface area contributed by atoms with Gasteiger partial charge in [0.1, 0.15) is 11.2 Å². The van der Waals surface area contributed by atoms with Crippen LogP contribution in [0, 0.1) is 0 Å². The second kappa shape index (κ2) is 12.2. The summed E-state index contributed by atoms with van der Waals surface area (Å²) in [7, 11) is 0. The fourth-order valence-corrected chi connectivity index (χ4v) is 7.12. The van der Waals surface area contributed by atoms with Gasteiger partial charge in [0, 0.05) is 21.9 Å². The normalized spacial score (nSPS) is 11.3. The number of hydrogen-bond donors (Lipinski definition) is 0. The molecule has 0 atom stereocenters. The number of furan rings is 1. The summed E-state index contributed by atoms with van der Waals surface area (Å²) in [5.41, 5.74) is 14.4. The van der Waals surface area contributed by atoms with E-state index in [0.29, 0.717) is 0 Å². The molecule has 0 saturated heterocycles. The quantitative estimate of drug-likeness (QED) is 0.184. The fraction of sp³-hybridized carbons (Fsp3) is 0. The highest BCUT2D eigenvalue weighted by molar-refractivity contribution is 6.21. The van der Waals surface area contributed by atoms with Crippen LogP contribution in [0.3, 0.4) is 0 Å². The minimum atomic E-state index is 0.742. The smallest absolute Gasteiger partial charge is 0.136 e. The van der Waals surface area contributed by atoms with Gasteiger partial charge < -0.3 is 4.42 Å². The molecule has 0 bridgehead atoms. The van der Waals surface area contributed by atoms with E-state index in [9.17, 15) is 0 Å². The van der Waals surface area contributed by atoms with Crippen molar-refractivity contribution in [1.82, 2.24) is 15.4 Å². The molecule has 0 saturated carbocycles. The second-order valence-corrected chi connectivity index (χ2v) is 12.0. The summed E-state index contributed by atoms with van der Waals surface area (Å²) in [5, 5.41) is 15.0. The van der Waals surface area contributed by atoms with Crippen LogP contribution in [0.2, 0.25) is 0 Å². The Balaban J connectivity index is 1.53. The zero-order valence-electron chi connectivity index (χ0n) is 26.5. The molecule has 9 rings (SSSR count). The van der Waals surface area contributed by atoms with Crippen molar-refractivity contribution in [3.63, 3.8) is 0 Å². The van der Waals surface area contributed by atoms with E-state index >= 15 is 0 Å². The molecular weight excluding hydrogens is 599 g/mol. The van der Waals surface area contributed by atoms with Gasteiger partial charge >= 0.3 is 0 Å². The first-order valence-corrected chi connectivity index (χ1v) is 16.4. The van der Waals surface area contributed by atoms with Gasteiger partial charge in [-0.2, -0.15) is 0 Å². The Morgan fingerprint density at radius 1 is 0.388 bits per heavy atom. The van der Waals surface area contributed by atoms with E-state index in [-0.39, 0.29) is 0 Å². The third-order valence-corrected chi connectivity index (χ3v) is 9.20. The molecule has 0 radical (unpaired) electrons. The summed E-state index contributed by atoms with van der Waals surface area (Å²) in [5.74, 6) is 0. The third kappa shape index (κ3) is 4.98. The maximum Gasteiger partial charge on any atom is 0.136 e. The molecule has 0 aliphatic heterocycles. The number of para-hydroxylation sites is 1. The molecule has 2 aromatic heterocycles. The number of nitrogens with zero attached hydrogens (tertiary/aromatic N) is 3. The Kier molecular flexibility index (Phi) is 7.10. The Bertz CT molecular complexity index is 2570. The van der Waals surface area contributed by atoms with Gasteiger partial charge in [0.15, 0.2) is 0 Å². The van der Waals surface area contributed by atoms with Gasteiger partial charge in [-0.15, -0.1) is 10.2 Å². The molecule has 4 nitrogen and oxygen atoms in total. The Morgan fingerprint density at radius 2 is 0.918 bits per heavy atom. The molecule has 0 unspecified atom stereocenters. The van der Waals surface area contributed by atoms with Gasteiger partial charge in [0.25, 0.3) is 0 Å². The highest BCUT2D eigenvalue weighted by atomic mass is 16.3. The van der Waals surface area contributed by atoms with E-state index in [4.69, 9.17) is 4.42 Å². The van der Waals surface area contributed by atoms with Gasteiger partial charge in [-0.3, -0.25) is 0 Å². The predicted molar refractivity (Wildman–Crippen MR) is 200 cm³/mol. The molecule has 7 aromatic carbocycles. The summed E-state index contributed by atoms with van der Waals surface area (Å²) in [6.07, 6.45) is 1.72. The van der Waals surface area contributed by atoms with Crippen molar-refractivity contribution >= 4 is 21.9 Å². The molecule has 0 aliphatic rings. The van der Waals surface area contributed by atoms with Gasteiger partial charge in [-0.25, -0.2) is 0 Å². The van der Waals surface area contributed by atoms with Gasteiger partial charge in [-0.05, 0) is 73.5 Å². The first-order valence-electron chi connectivity index (χ1n) is 16.4. The molecule has 0 spiro atoms. The molecule has 0 aliphatic carbocycles. The molecule has 0 amide bonds. The lowest BCUT2D eigenvalue weighted by Crippen LogP contribution is -2.00.